The number of hydrogen-bond acceptors (Lipinski definition) is 7. The van der Waals surface area contributed by atoms with Crippen molar-refractivity contribution in [3.8, 4) is 0 Å². The van der Waals surface area contributed by atoms with Crippen molar-refractivity contribution < 1.29 is 33.7 Å². The molecule has 7 nitrogen and oxygen atoms in total. The van der Waals surface area contributed by atoms with E-state index in [1.165, 1.54) is 25.5 Å². The van der Waals surface area contributed by atoms with Crippen LogP contribution in [0.15, 0.2) is 35.3 Å². The number of carbonyl (C=O) groups is 3. The Morgan fingerprint density at radius 3 is 2.03 bits per heavy atom. The molecule has 1 aliphatic heterocycles. The van der Waals surface area contributed by atoms with Gasteiger partial charge in [-0.2, -0.15) is 0 Å². The molecule has 0 aromatic heterocycles. The van der Waals surface area contributed by atoms with E-state index >= 15 is 0 Å². The van der Waals surface area contributed by atoms with E-state index in [1.54, 1.807) is 13.0 Å². The maximum atomic E-state index is 12.3. The van der Waals surface area contributed by atoms with Crippen LogP contribution >= 0.6 is 0 Å². The number of rotatable bonds is 4. The molecule has 0 aromatic carbocycles. The predicted octanol–water partition coefficient (Wildman–Crippen LogP) is 5.99. The number of aliphatic hydroxyl groups excluding tert-OH is 1. The smallest absolute Gasteiger partial charge is 0.348 e. The summed E-state index contributed by atoms with van der Waals surface area (Å²) in [7, 11) is 0. The first-order chi connectivity index (χ1) is 15.7. The van der Waals surface area contributed by atoms with E-state index in [4.69, 9.17) is 19.0 Å². The average molecular weight is 465 g/mol. The van der Waals surface area contributed by atoms with E-state index in [-0.39, 0.29) is 11.5 Å². The van der Waals surface area contributed by atoms with Gasteiger partial charge >= 0.3 is 11.9 Å². The van der Waals surface area contributed by atoms with Crippen LogP contribution in [0.4, 0.5) is 0 Å². The largest absolute Gasteiger partial charge is 0.480 e. The molecule has 3 rings (SSSR count). The van der Waals surface area contributed by atoms with Crippen molar-refractivity contribution in [1.29, 1.82) is 0 Å². The van der Waals surface area contributed by atoms with Gasteiger partial charge in [-0.1, -0.05) is 38.8 Å². The van der Waals surface area contributed by atoms with Crippen molar-refractivity contribution in [3.63, 3.8) is 0 Å². The fourth-order valence-corrected chi connectivity index (χ4v) is 4.06. The Kier molecular flexibility index (Phi) is 12.0. The number of ether oxygens (including phenoxy) is 3. The van der Waals surface area contributed by atoms with Gasteiger partial charge in [0.2, 0.25) is 0 Å². The van der Waals surface area contributed by atoms with Gasteiger partial charge in [-0.05, 0) is 65.4 Å². The minimum Gasteiger partial charge on any atom is -0.480 e. The Balaban J connectivity index is 0.00000101. The summed E-state index contributed by atoms with van der Waals surface area (Å²) in [6, 6.07) is 0. The SMILES string of the molecule is C/C(=C/C=C/C1=C(O)OC2(CCCCC2)OC1=O)C(=O)OC1(C)CCCCC1.CC.CC=O. The van der Waals surface area contributed by atoms with E-state index in [2.05, 4.69) is 0 Å². The summed E-state index contributed by atoms with van der Waals surface area (Å²) >= 11 is 0. The molecular weight excluding hydrogens is 424 g/mol. The Morgan fingerprint density at radius 1 is 1.00 bits per heavy atom. The zero-order valence-electron chi connectivity index (χ0n) is 20.8. The average Bonchev–Trinajstić information content (AvgIpc) is 2.78. The fraction of sp³-hybridized carbons (Fsp3) is 0.654. The maximum absolute atomic E-state index is 12.3. The molecule has 0 unspecified atom stereocenters. The van der Waals surface area contributed by atoms with Gasteiger partial charge in [0.05, 0.1) is 0 Å². The summed E-state index contributed by atoms with van der Waals surface area (Å²) < 4.78 is 16.7. The van der Waals surface area contributed by atoms with E-state index in [9.17, 15) is 14.7 Å². The van der Waals surface area contributed by atoms with Crippen molar-refractivity contribution in [3.05, 3.63) is 35.3 Å². The molecule has 186 valence electrons. The van der Waals surface area contributed by atoms with Gasteiger partial charge < -0.3 is 24.1 Å². The highest BCUT2D eigenvalue weighted by molar-refractivity contribution is 5.93. The van der Waals surface area contributed by atoms with Gasteiger partial charge in [-0.15, -0.1) is 0 Å². The van der Waals surface area contributed by atoms with Crippen molar-refractivity contribution >= 4 is 18.2 Å². The summed E-state index contributed by atoms with van der Waals surface area (Å²) in [5.41, 5.74) is -0.0191. The summed E-state index contributed by atoms with van der Waals surface area (Å²) in [6.45, 7) is 9.09. The van der Waals surface area contributed by atoms with E-state index in [1.807, 2.05) is 20.8 Å². The molecule has 33 heavy (non-hydrogen) atoms. The molecule has 0 atom stereocenters. The summed E-state index contributed by atoms with van der Waals surface area (Å²) in [6.07, 6.45) is 14.4. The molecule has 1 heterocycles. The number of esters is 2. The topological polar surface area (TPSA) is 99.1 Å². The molecule has 0 bridgehead atoms. The molecule has 0 amide bonds. The summed E-state index contributed by atoms with van der Waals surface area (Å²) in [5.74, 6) is -2.42. The monoisotopic (exact) mass is 464 g/mol. The molecule has 0 saturated heterocycles. The number of hydrogen-bond donors (Lipinski definition) is 1. The Bertz CT molecular complexity index is 749. The van der Waals surface area contributed by atoms with E-state index in [0.29, 0.717) is 18.4 Å². The Labute approximate surface area is 197 Å². The first-order valence-corrected chi connectivity index (χ1v) is 12.1. The zero-order valence-corrected chi connectivity index (χ0v) is 20.8. The van der Waals surface area contributed by atoms with E-state index < -0.39 is 23.3 Å². The molecule has 0 aromatic rings. The van der Waals surface area contributed by atoms with Gasteiger partial charge in [0.15, 0.2) is 0 Å². The minimum atomic E-state index is -1.03. The number of carbonyl (C=O) groups excluding carboxylic acids is 3. The predicted molar refractivity (Wildman–Crippen MR) is 126 cm³/mol. The normalized spacial score (nSPS) is 21.6. The van der Waals surface area contributed by atoms with Crippen LogP contribution in [0.3, 0.4) is 0 Å². The fourth-order valence-electron chi connectivity index (χ4n) is 4.06. The lowest BCUT2D eigenvalue weighted by molar-refractivity contribution is -0.249. The van der Waals surface area contributed by atoms with Crippen LogP contribution in [0.2, 0.25) is 0 Å². The molecular formula is C26H40O7. The van der Waals surface area contributed by atoms with E-state index in [0.717, 1.165) is 51.2 Å². The van der Waals surface area contributed by atoms with Crippen molar-refractivity contribution in [2.24, 2.45) is 0 Å². The van der Waals surface area contributed by atoms with Crippen molar-refractivity contribution in [1.82, 2.24) is 0 Å². The lowest BCUT2D eigenvalue weighted by Crippen LogP contribution is -2.43. The highest BCUT2D eigenvalue weighted by atomic mass is 16.8. The number of aldehydes is 1. The third-order valence-corrected chi connectivity index (χ3v) is 5.81. The van der Waals surface area contributed by atoms with Crippen LogP contribution in [-0.4, -0.2) is 34.7 Å². The Morgan fingerprint density at radius 2 is 1.52 bits per heavy atom. The minimum absolute atomic E-state index is 0.0483. The van der Waals surface area contributed by atoms with Crippen LogP contribution in [0, 0.1) is 0 Å². The summed E-state index contributed by atoms with van der Waals surface area (Å²) in [5, 5.41) is 10.2. The molecule has 0 radical (unpaired) electrons. The standard InChI is InChI=1S/C22H30O6.C2H4O.C2H6/c1-16(18(23)26-21(2)12-5-3-6-13-21)10-9-11-17-19(24)27-22(28-20(17)25)14-7-4-8-15-22;1-2-3;1-2/h9-11,24H,3-8,12-15H2,1-2H3;2H,1H3;1-2H3/b11-9+,16-10-;;. The lowest BCUT2D eigenvalue weighted by atomic mass is 9.86. The molecule has 2 fully saturated rings. The molecule has 1 spiro atoms. The summed E-state index contributed by atoms with van der Waals surface area (Å²) in [4.78, 5) is 33.4. The van der Waals surface area contributed by atoms with Gasteiger partial charge in [0, 0.05) is 18.4 Å². The van der Waals surface area contributed by atoms with Crippen LogP contribution in [0.25, 0.3) is 0 Å². The molecule has 1 N–H and O–H groups in total. The second kappa shape index (κ2) is 13.9. The quantitative estimate of drug-likeness (QED) is 0.236. The molecule has 2 saturated carbocycles. The van der Waals surface area contributed by atoms with Crippen LogP contribution < -0.4 is 0 Å². The maximum Gasteiger partial charge on any atom is 0.348 e. The highest BCUT2D eigenvalue weighted by Crippen LogP contribution is 2.38. The molecule has 7 heteroatoms. The van der Waals surface area contributed by atoms with Crippen molar-refractivity contribution in [2.45, 2.75) is 110 Å². The number of aliphatic hydroxyl groups is 1. The third kappa shape index (κ3) is 8.71. The van der Waals surface area contributed by atoms with Gasteiger partial charge in [0.1, 0.15) is 17.5 Å². The van der Waals surface area contributed by atoms with Crippen LogP contribution in [0.1, 0.15) is 98.8 Å². The third-order valence-electron chi connectivity index (χ3n) is 5.81. The van der Waals surface area contributed by atoms with Gasteiger partial charge in [-0.3, -0.25) is 0 Å². The van der Waals surface area contributed by atoms with Gasteiger partial charge in [-0.25, -0.2) is 9.59 Å². The Hall–Kier alpha value is -2.57. The second-order valence-electron chi connectivity index (χ2n) is 8.53. The highest BCUT2D eigenvalue weighted by Gasteiger charge is 2.44. The number of allylic oxidation sites excluding steroid dienone is 2. The first kappa shape index (κ1) is 28.5. The van der Waals surface area contributed by atoms with Crippen LogP contribution in [-0.2, 0) is 28.6 Å². The van der Waals surface area contributed by atoms with Crippen molar-refractivity contribution in [2.75, 3.05) is 0 Å². The first-order valence-electron chi connectivity index (χ1n) is 12.1. The zero-order chi connectivity index (χ0) is 24.9. The molecule has 2 aliphatic carbocycles. The lowest BCUT2D eigenvalue weighted by Gasteiger charge is -2.38. The van der Waals surface area contributed by atoms with Crippen LogP contribution in [0.5, 0.6) is 0 Å². The molecule has 3 aliphatic rings. The second-order valence-corrected chi connectivity index (χ2v) is 8.53. The van der Waals surface area contributed by atoms with Gasteiger partial charge in [0.25, 0.3) is 11.7 Å².